The average molecular weight is 306 g/mol. The SMILES string of the molecule is CC(C)(NC(=O)c1ccc(OCC(F)(F)F)nc1)C(=O)O. The van der Waals surface area contributed by atoms with Gasteiger partial charge in [0.25, 0.3) is 5.91 Å². The summed E-state index contributed by atoms with van der Waals surface area (Å²) < 4.78 is 40.2. The fourth-order valence-electron chi connectivity index (χ4n) is 1.17. The molecular weight excluding hydrogens is 293 g/mol. The molecule has 0 aromatic carbocycles. The molecule has 1 rings (SSSR count). The largest absolute Gasteiger partial charge is 0.480 e. The maximum Gasteiger partial charge on any atom is 0.422 e. The molecule has 0 unspecified atom stereocenters. The summed E-state index contributed by atoms with van der Waals surface area (Å²) in [4.78, 5) is 26.2. The standard InChI is InChI=1S/C12H13F3N2O4/c1-11(2,10(19)20)17-9(18)7-3-4-8(16-5-7)21-6-12(13,14)15/h3-5H,6H2,1-2H3,(H,17,18)(H,19,20). The van der Waals surface area contributed by atoms with Gasteiger partial charge in [-0.05, 0) is 19.9 Å². The highest BCUT2D eigenvalue weighted by Crippen LogP contribution is 2.17. The minimum atomic E-state index is -4.48. The van der Waals surface area contributed by atoms with Crippen LogP contribution in [0.1, 0.15) is 24.2 Å². The van der Waals surface area contributed by atoms with Gasteiger partial charge in [-0.2, -0.15) is 13.2 Å². The topological polar surface area (TPSA) is 88.5 Å². The molecule has 2 N–H and O–H groups in total. The van der Waals surface area contributed by atoms with E-state index in [1.54, 1.807) is 0 Å². The third kappa shape index (κ3) is 5.28. The fourth-order valence-corrected chi connectivity index (χ4v) is 1.17. The first-order valence-corrected chi connectivity index (χ1v) is 5.73. The molecule has 9 heteroatoms. The molecule has 1 amide bonds. The summed E-state index contributed by atoms with van der Waals surface area (Å²) in [6.07, 6.45) is -3.48. The minimum absolute atomic E-state index is 0.00341. The molecule has 0 spiro atoms. The Labute approximate surface area is 117 Å². The van der Waals surface area contributed by atoms with Crippen molar-refractivity contribution in [1.82, 2.24) is 10.3 Å². The smallest absolute Gasteiger partial charge is 0.422 e. The number of nitrogens with one attached hydrogen (secondary N) is 1. The van der Waals surface area contributed by atoms with E-state index in [2.05, 4.69) is 15.0 Å². The Morgan fingerprint density at radius 3 is 2.38 bits per heavy atom. The highest BCUT2D eigenvalue weighted by molar-refractivity contribution is 5.97. The fraction of sp³-hybridized carbons (Fsp3) is 0.417. The van der Waals surface area contributed by atoms with E-state index in [9.17, 15) is 22.8 Å². The minimum Gasteiger partial charge on any atom is -0.480 e. The van der Waals surface area contributed by atoms with Crippen LogP contribution in [0.4, 0.5) is 13.2 Å². The molecule has 0 aliphatic heterocycles. The molecule has 0 radical (unpaired) electrons. The number of carboxylic acids is 1. The zero-order valence-corrected chi connectivity index (χ0v) is 11.2. The zero-order chi connectivity index (χ0) is 16.3. The molecule has 0 aliphatic carbocycles. The van der Waals surface area contributed by atoms with E-state index in [0.717, 1.165) is 12.3 Å². The molecular formula is C12H13F3N2O4. The van der Waals surface area contributed by atoms with Gasteiger partial charge >= 0.3 is 12.1 Å². The monoisotopic (exact) mass is 306 g/mol. The lowest BCUT2D eigenvalue weighted by molar-refractivity contribution is -0.154. The molecule has 1 aromatic rings. The number of alkyl halides is 3. The molecule has 6 nitrogen and oxygen atoms in total. The van der Waals surface area contributed by atoms with Gasteiger partial charge in [0.1, 0.15) is 5.54 Å². The second-order valence-electron chi connectivity index (χ2n) is 4.67. The van der Waals surface area contributed by atoms with Crippen LogP contribution in [-0.4, -0.2) is 40.3 Å². The van der Waals surface area contributed by atoms with Crippen LogP contribution in [0.5, 0.6) is 5.88 Å². The number of aliphatic carboxylic acids is 1. The number of carbonyl (C=O) groups excluding carboxylic acids is 1. The molecule has 21 heavy (non-hydrogen) atoms. The van der Waals surface area contributed by atoms with E-state index in [0.29, 0.717) is 0 Å². The number of rotatable bonds is 5. The Kier molecular flexibility index (Phi) is 4.77. The lowest BCUT2D eigenvalue weighted by Gasteiger charge is -2.20. The molecule has 0 saturated heterocycles. The second kappa shape index (κ2) is 5.98. The van der Waals surface area contributed by atoms with Crippen LogP contribution in [0.25, 0.3) is 0 Å². The van der Waals surface area contributed by atoms with Crippen LogP contribution in [0.2, 0.25) is 0 Å². The van der Waals surface area contributed by atoms with Crippen molar-refractivity contribution in [3.05, 3.63) is 23.9 Å². The van der Waals surface area contributed by atoms with E-state index in [1.165, 1.54) is 19.9 Å². The number of amides is 1. The van der Waals surface area contributed by atoms with Gasteiger partial charge in [-0.3, -0.25) is 4.79 Å². The Balaban J connectivity index is 2.70. The van der Waals surface area contributed by atoms with Crippen LogP contribution in [-0.2, 0) is 4.79 Å². The predicted octanol–water partition coefficient (Wildman–Crippen LogP) is 1.62. The number of hydrogen-bond donors (Lipinski definition) is 2. The van der Waals surface area contributed by atoms with Crippen molar-refractivity contribution in [3.8, 4) is 5.88 Å². The van der Waals surface area contributed by atoms with E-state index in [1.807, 2.05) is 0 Å². The number of nitrogens with zero attached hydrogens (tertiary/aromatic N) is 1. The van der Waals surface area contributed by atoms with Gasteiger partial charge in [-0.15, -0.1) is 0 Å². The van der Waals surface area contributed by atoms with E-state index in [-0.39, 0.29) is 11.4 Å². The van der Waals surface area contributed by atoms with Crippen molar-refractivity contribution in [1.29, 1.82) is 0 Å². The summed E-state index contributed by atoms with van der Waals surface area (Å²) in [5, 5.41) is 11.1. The molecule has 1 aromatic heterocycles. The highest BCUT2D eigenvalue weighted by Gasteiger charge is 2.30. The number of pyridine rings is 1. The lowest BCUT2D eigenvalue weighted by atomic mass is 10.1. The van der Waals surface area contributed by atoms with Gasteiger partial charge in [-0.1, -0.05) is 0 Å². The van der Waals surface area contributed by atoms with Crippen LogP contribution in [0.15, 0.2) is 18.3 Å². The summed E-state index contributed by atoms with van der Waals surface area (Å²) >= 11 is 0. The van der Waals surface area contributed by atoms with Crippen LogP contribution < -0.4 is 10.1 Å². The summed E-state index contributed by atoms with van der Waals surface area (Å²) in [6.45, 7) is 1.10. The van der Waals surface area contributed by atoms with Crippen molar-refractivity contribution in [2.24, 2.45) is 0 Å². The molecule has 0 atom stereocenters. The Bertz CT molecular complexity index is 526. The second-order valence-corrected chi connectivity index (χ2v) is 4.67. The van der Waals surface area contributed by atoms with Crippen molar-refractivity contribution in [2.45, 2.75) is 25.6 Å². The third-order valence-corrected chi connectivity index (χ3v) is 2.34. The number of aromatic nitrogens is 1. The molecule has 0 saturated carbocycles. The van der Waals surface area contributed by atoms with Crippen LogP contribution in [0.3, 0.4) is 0 Å². The Morgan fingerprint density at radius 2 is 1.95 bits per heavy atom. The number of carboxylic acid groups (broad SMARTS) is 1. The third-order valence-electron chi connectivity index (χ3n) is 2.34. The lowest BCUT2D eigenvalue weighted by Crippen LogP contribution is -2.49. The first-order valence-electron chi connectivity index (χ1n) is 5.73. The van der Waals surface area contributed by atoms with Crippen molar-refractivity contribution in [2.75, 3.05) is 6.61 Å². The predicted molar refractivity (Wildman–Crippen MR) is 65.0 cm³/mol. The van der Waals surface area contributed by atoms with Crippen LogP contribution in [0, 0.1) is 0 Å². The quantitative estimate of drug-likeness (QED) is 0.863. The average Bonchev–Trinajstić information content (AvgIpc) is 2.35. The van der Waals surface area contributed by atoms with Gasteiger partial charge in [-0.25, -0.2) is 9.78 Å². The van der Waals surface area contributed by atoms with E-state index in [4.69, 9.17) is 5.11 Å². The molecule has 0 fully saturated rings. The van der Waals surface area contributed by atoms with Gasteiger partial charge in [0.2, 0.25) is 5.88 Å². The van der Waals surface area contributed by atoms with E-state index >= 15 is 0 Å². The van der Waals surface area contributed by atoms with Gasteiger partial charge in [0.15, 0.2) is 6.61 Å². The summed E-state index contributed by atoms with van der Waals surface area (Å²) in [6, 6.07) is 2.28. The summed E-state index contributed by atoms with van der Waals surface area (Å²) in [5.74, 6) is -2.23. The van der Waals surface area contributed by atoms with Gasteiger partial charge < -0.3 is 15.2 Å². The summed E-state index contributed by atoms with van der Waals surface area (Å²) in [7, 11) is 0. The number of hydrogen-bond acceptors (Lipinski definition) is 4. The first kappa shape index (κ1) is 16.7. The van der Waals surface area contributed by atoms with Gasteiger partial charge in [0.05, 0.1) is 5.56 Å². The Hall–Kier alpha value is -2.32. The first-order chi connectivity index (χ1) is 9.51. The van der Waals surface area contributed by atoms with Crippen molar-refractivity contribution >= 4 is 11.9 Å². The maximum atomic E-state index is 11.9. The number of carbonyl (C=O) groups is 2. The molecule has 116 valence electrons. The highest BCUT2D eigenvalue weighted by atomic mass is 19.4. The molecule has 1 heterocycles. The van der Waals surface area contributed by atoms with E-state index < -0.39 is 30.2 Å². The zero-order valence-electron chi connectivity index (χ0n) is 11.2. The molecule has 0 bridgehead atoms. The normalized spacial score (nSPS) is 11.9. The number of ether oxygens (including phenoxy) is 1. The van der Waals surface area contributed by atoms with Crippen molar-refractivity contribution < 1.29 is 32.6 Å². The van der Waals surface area contributed by atoms with Crippen molar-refractivity contribution in [3.63, 3.8) is 0 Å². The van der Waals surface area contributed by atoms with Crippen LogP contribution >= 0.6 is 0 Å². The van der Waals surface area contributed by atoms with Gasteiger partial charge in [0, 0.05) is 12.3 Å². The Morgan fingerprint density at radius 1 is 1.33 bits per heavy atom. The number of halogens is 3. The maximum absolute atomic E-state index is 11.9. The molecule has 0 aliphatic rings. The summed E-state index contributed by atoms with van der Waals surface area (Å²) in [5.41, 5.74) is -1.48.